The predicted molar refractivity (Wildman–Crippen MR) is 191 cm³/mol. The van der Waals surface area contributed by atoms with Gasteiger partial charge in [-0.3, -0.25) is 29.4 Å². The molecule has 3 aliphatic heterocycles. The van der Waals surface area contributed by atoms with Gasteiger partial charge in [0.2, 0.25) is 11.8 Å². The number of aromatic nitrogens is 2. The van der Waals surface area contributed by atoms with Crippen LogP contribution in [0, 0.1) is 28.0 Å². The lowest BCUT2D eigenvalue weighted by atomic mass is 9.49. The molecule has 4 amide bonds. The summed E-state index contributed by atoms with van der Waals surface area (Å²) in [5, 5.41) is 23.5. The maximum absolute atomic E-state index is 15.2. The third-order valence-electron chi connectivity index (χ3n) is 11.0. The van der Waals surface area contributed by atoms with E-state index in [1.165, 1.54) is 11.0 Å². The van der Waals surface area contributed by atoms with Crippen molar-refractivity contribution in [2.75, 3.05) is 31.1 Å². The summed E-state index contributed by atoms with van der Waals surface area (Å²) >= 11 is 6.22. The largest absolute Gasteiger partial charge is 0.489 e. The van der Waals surface area contributed by atoms with Gasteiger partial charge < -0.3 is 19.9 Å². The van der Waals surface area contributed by atoms with E-state index in [1.54, 1.807) is 30.3 Å². The summed E-state index contributed by atoms with van der Waals surface area (Å²) in [7, 11) is 0. The number of halogens is 2. The fourth-order valence-electron chi connectivity index (χ4n) is 8.62. The third kappa shape index (κ3) is 6.68. The number of rotatable bonds is 8. The summed E-state index contributed by atoms with van der Waals surface area (Å²) in [6, 6.07) is 12.7. The molecule has 4 aliphatic rings. The molecular weight excluding hydrogens is 703 g/mol. The number of benzene rings is 2. The van der Waals surface area contributed by atoms with E-state index in [0.29, 0.717) is 60.4 Å². The normalized spacial score (nSPS) is 23.5. The second kappa shape index (κ2) is 13.7. The molecule has 7 rings (SSSR count). The van der Waals surface area contributed by atoms with Gasteiger partial charge in [-0.15, -0.1) is 10.2 Å². The molecule has 4 heterocycles. The average molecular weight is 743 g/mol. The summed E-state index contributed by atoms with van der Waals surface area (Å²) in [4.78, 5) is 56.0. The quantitative estimate of drug-likeness (QED) is 0.325. The van der Waals surface area contributed by atoms with Crippen LogP contribution in [0.4, 0.5) is 10.2 Å². The number of piperidine rings is 1. The highest BCUT2D eigenvalue weighted by atomic mass is 35.5. The van der Waals surface area contributed by atoms with Crippen LogP contribution in [0.15, 0.2) is 42.5 Å². The smallest absolute Gasteiger partial charge is 0.272 e. The Balaban J connectivity index is 0.920. The minimum atomic E-state index is -0.798. The van der Waals surface area contributed by atoms with Gasteiger partial charge in [-0.1, -0.05) is 45.4 Å². The molecule has 2 aromatic carbocycles. The third-order valence-corrected chi connectivity index (χ3v) is 11.4. The van der Waals surface area contributed by atoms with Gasteiger partial charge in [-0.05, 0) is 47.9 Å². The standard InChI is InChI=1S/C38H40ClFN8O5/c1-37(2)35(38(3,4)36(37)53-24-6-5-22(18-41)25(39)17-24)43-32(50)27-7-9-29(45-44-27)47-13-11-46(12-14-47)19-21-15-23-20-48(34(52)31(23)26(40)16-21)28-8-10-30(49)42-33(28)51/h5-7,9,15-17,28,35-36H,8,10-14,19-20H2,1-4H3,(H,43,50)(H,42,49,51). The van der Waals surface area contributed by atoms with Crippen LogP contribution in [-0.4, -0.2) is 88.0 Å². The Labute approximate surface area is 311 Å². The number of fused-ring (bicyclic) bond motifs is 1. The van der Waals surface area contributed by atoms with Crippen LogP contribution in [0.5, 0.6) is 5.75 Å². The van der Waals surface area contributed by atoms with Gasteiger partial charge in [0, 0.05) is 68.6 Å². The van der Waals surface area contributed by atoms with E-state index in [-0.39, 0.29) is 54.6 Å². The minimum Gasteiger partial charge on any atom is -0.489 e. The molecule has 3 aromatic rings. The number of carbonyl (C=O) groups is 4. The van der Waals surface area contributed by atoms with Gasteiger partial charge in [0.15, 0.2) is 11.5 Å². The number of anilines is 1. The Morgan fingerprint density at radius 3 is 2.43 bits per heavy atom. The molecule has 1 aliphatic carbocycles. The molecule has 276 valence electrons. The summed E-state index contributed by atoms with van der Waals surface area (Å²) < 4.78 is 21.6. The molecule has 1 unspecified atom stereocenters. The van der Waals surface area contributed by atoms with E-state index in [1.807, 2.05) is 39.8 Å². The molecule has 15 heteroatoms. The van der Waals surface area contributed by atoms with Crippen molar-refractivity contribution in [3.63, 3.8) is 0 Å². The molecule has 1 aromatic heterocycles. The van der Waals surface area contributed by atoms with E-state index >= 15 is 4.39 Å². The van der Waals surface area contributed by atoms with E-state index < -0.39 is 34.5 Å². The van der Waals surface area contributed by atoms with Gasteiger partial charge in [0.25, 0.3) is 11.8 Å². The summed E-state index contributed by atoms with van der Waals surface area (Å²) in [5.74, 6) is -1.16. The highest BCUT2D eigenvalue weighted by Crippen LogP contribution is 2.55. The van der Waals surface area contributed by atoms with E-state index in [0.717, 1.165) is 5.56 Å². The number of piperazine rings is 1. The Kier molecular flexibility index (Phi) is 9.36. The van der Waals surface area contributed by atoms with Crippen LogP contribution < -0.4 is 20.3 Å². The second-order valence-corrected chi connectivity index (χ2v) is 15.8. The molecule has 2 N–H and O–H groups in total. The lowest BCUT2D eigenvalue weighted by Crippen LogP contribution is -2.74. The first-order valence-corrected chi connectivity index (χ1v) is 18.0. The number of ether oxygens (including phenoxy) is 1. The van der Waals surface area contributed by atoms with E-state index in [9.17, 15) is 24.4 Å². The number of nitriles is 1. The average Bonchev–Trinajstić information content (AvgIpc) is 3.45. The number of nitrogens with zero attached hydrogens (tertiary/aromatic N) is 6. The van der Waals surface area contributed by atoms with Crippen LogP contribution in [0.3, 0.4) is 0 Å². The predicted octanol–water partition coefficient (Wildman–Crippen LogP) is 3.84. The number of imide groups is 1. The number of hydrogen-bond donors (Lipinski definition) is 2. The van der Waals surface area contributed by atoms with Gasteiger partial charge in [-0.2, -0.15) is 5.26 Å². The molecule has 1 atom stereocenters. The molecule has 53 heavy (non-hydrogen) atoms. The van der Waals surface area contributed by atoms with Gasteiger partial charge >= 0.3 is 0 Å². The zero-order valence-electron chi connectivity index (χ0n) is 29.9. The van der Waals surface area contributed by atoms with E-state index in [2.05, 4.69) is 30.6 Å². The maximum Gasteiger partial charge on any atom is 0.272 e. The molecule has 0 bridgehead atoms. The highest BCUT2D eigenvalue weighted by Gasteiger charge is 2.64. The minimum absolute atomic E-state index is 0.0114. The molecule has 0 radical (unpaired) electrons. The topological polar surface area (TPSA) is 161 Å². The Morgan fingerprint density at radius 2 is 1.79 bits per heavy atom. The first-order valence-electron chi connectivity index (χ1n) is 17.6. The van der Waals surface area contributed by atoms with Crippen LogP contribution in [-0.2, 0) is 22.7 Å². The Hall–Kier alpha value is -5.13. The first kappa shape index (κ1) is 36.2. The molecule has 13 nitrogen and oxygen atoms in total. The van der Waals surface area contributed by atoms with Crippen molar-refractivity contribution >= 4 is 41.0 Å². The number of amides is 4. The van der Waals surface area contributed by atoms with Crippen molar-refractivity contribution in [2.45, 2.75) is 71.8 Å². The van der Waals surface area contributed by atoms with E-state index in [4.69, 9.17) is 16.3 Å². The SMILES string of the molecule is CC1(C)C(NC(=O)c2ccc(N3CCN(Cc4cc(F)c5c(c4)CN(C4CCC(=O)NC4=O)C5=O)CC3)nn2)C(C)(C)C1Oc1ccc(C#N)c(Cl)c1. The van der Waals surface area contributed by atoms with Gasteiger partial charge in [-0.25, -0.2) is 4.39 Å². The van der Waals surface area contributed by atoms with Crippen molar-refractivity contribution in [1.29, 1.82) is 5.26 Å². The highest BCUT2D eigenvalue weighted by molar-refractivity contribution is 6.31. The van der Waals surface area contributed by atoms with Gasteiger partial charge in [0.1, 0.15) is 29.8 Å². The van der Waals surface area contributed by atoms with Gasteiger partial charge in [0.05, 0.1) is 16.1 Å². The second-order valence-electron chi connectivity index (χ2n) is 15.4. The molecule has 1 saturated carbocycles. The molecule has 3 fully saturated rings. The van der Waals surface area contributed by atoms with Crippen molar-refractivity contribution in [3.05, 3.63) is 81.3 Å². The molecule has 0 spiro atoms. The zero-order chi connectivity index (χ0) is 37.8. The van der Waals surface area contributed by atoms with Crippen molar-refractivity contribution in [2.24, 2.45) is 10.8 Å². The van der Waals surface area contributed by atoms with Crippen LogP contribution >= 0.6 is 11.6 Å². The Morgan fingerprint density at radius 1 is 1.06 bits per heavy atom. The number of nitrogens with one attached hydrogen (secondary N) is 2. The summed E-state index contributed by atoms with van der Waals surface area (Å²) in [5.41, 5.74) is 0.991. The number of carbonyl (C=O) groups excluding carboxylic acids is 4. The fourth-order valence-corrected chi connectivity index (χ4v) is 8.83. The van der Waals surface area contributed by atoms with Crippen molar-refractivity contribution in [3.8, 4) is 11.8 Å². The van der Waals surface area contributed by atoms with Crippen molar-refractivity contribution in [1.82, 2.24) is 30.6 Å². The van der Waals surface area contributed by atoms with Crippen molar-refractivity contribution < 1.29 is 28.3 Å². The molecule has 2 saturated heterocycles. The maximum atomic E-state index is 15.2. The molecular formula is C38H40ClFN8O5. The fraction of sp³-hybridized carbons (Fsp3) is 0.447. The monoisotopic (exact) mass is 742 g/mol. The van der Waals surface area contributed by atoms with Crippen LogP contribution in [0.2, 0.25) is 5.02 Å². The summed E-state index contributed by atoms with van der Waals surface area (Å²) in [6.07, 6.45) is 0.115. The lowest BCUT2D eigenvalue weighted by Gasteiger charge is -2.63. The first-order chi connectivity index (χ1) is 25.2. The van der Waals surface area contributed by atoms with Crippen LogP contribution in [0.25, 0.3) is 0 Å². The zero-order valence-corrected chi connectivity index (χ0v) is 30.7. The Bertz CT molecular complexity index is 2030. The number of hydrogen-bond acceptors (Lipinski definition) is 10. The van der Waals surface area contributed by atoms with Crippen LogP contribution in [0.1, 0.15) is 78.1 Å². The lowest BCUT2D eigenvalue weighted by molar-refractivity contribution is -0.164. The summed E-state index contributed by atoms with van der Waals surface area (Å²) in [6.45, 7) is 11.4.